The Morgan fingerprint density at radius 1 is 1.07 bits per heavy atom. The van der Waals surface area contributed by atoms with Crippen molar-refractivity contribution in [1.82, 2.24) is 0 Å². The number of aliphatic hydroxyl groups excluding tert-OH is 1. The molecule has 0 bridgehead atoms. The van der Waals surface area contributed by atoms with Crippen LogP contribution in [0.5, 0.6) is 11.5 Å². The summed E-state index contributed by atoms with van der Waals surface area (Å²) < 4.78 is 21.6. The third kappa shape index (κ3) is 5.18. The van der Waals surface area contributed by atoms with Gasteiger partial charge in [0.1, 0.15) is 41.8 Å². The van der Waals surface area contributed by atoms with E-state index in [-0.39, 0.29) is 42.3 Å². The third-order valence-corrected chi connectivity index (χ3v) is 4.40. The lowest BCUT2D eigenvalue weighted by atomic mass is 10.2. The van der Waals surface area contributed by atoms with Crippen molar-refractivity contribution in [3.05, 3.63) is 70.1 Å². The Labute approximate surface area is 173 Å². The van der Waals surface area contributed by atoms with Crippen molar-refractivity contribution in [2.24, 2.45) is 0 Å². The van der Waals surface area contributed by atoms with Gasteiger partial charge in [-0.2, -0.15) is 0 Å². The lowest BCUT2D eigenvalue weighted by Crippen LogP contribution is -2.25. The minimum atomic E-state index is -0.906. The van der Waals surface area contributed by atoms with Crippen molar-refractivity contribution in [2.75, 3.05) is 19.8 Å². The number of carbonyl (C=O) groups excluding carboxylic acids is 1. The first kappa shape index (κ1) is 21.4. The fourth-order valence-electron chi connectivity index (χ4n) is 2.85. The molecule has 3 aromatic rings. The van der Waals surface area contributed by atoms with Gasteiger partial charge in [-0.25, -0.2) is 4.79 Å². The first-order valence-electron chi connectivity index (χ1n) is 9.78. The van der Waals surface area contributed by atoms with Crippen LogP contribution < -0.4 is 14.9 Å². The Morgan fingerprint density at radius 2 is 1.80 bits per heavy atom. The van der Waals surface area contributed by atoms with E-state index in [2.05, 4.69) is 6.92 Å². The van der Waals surface area contributed by atoms with Crippen molar-refractivity contribution in [3.63, 3.8) is 0 Å². The van der Waals surface area contributed by atoms with Crippen LogP contribution >= 0.6 is 0 Å². The Balaban J connectivity index is 1.66. The first-order valence-corrected chi connectivity index (χ1v) is 9.78. The van der Waals surface area contributed by atoms with Crippen LogP contribution in [0.1, 0.15) is 30.0 Å². The number of benzene rings is 2. The summed E-state index contributed by atoms with van der Waals surface area (Å²) in [6.45, 7) is 3.87. The third-order valence-electron chi connectivity index (χ3n) is 4.40. The van der Waals surface area contributed by atoms with E-state index in [1.807, 2.05) is 24.3 Å². The molecule has 0 fully saturated rings. The SMILES string of the molecule is CCOC(=O)c1cc(=O)c2c(OCC(O)COc3ccc(CC)cc3)cccc2o1. The average Bonchev–Trinajstić information content (AvgIpc) is 2.76. The van der Waals surface area contributed by atoms with Gasteiger partial charge in [0.2, 0.25) is 5.76 Å². The summed E-state index contributed by atoms with van der Waals surface area (Å²) in [6, 6.07) is 13.5. The largest absolute Gasteiger partial charge is 0.491 e. The lowest BCUT2D eigenvalue weighted by molar-refractivity contribution is 0.0490. The molecule has 158 valence electrons. The molecular weight excluding hydrogens is 388 g/mol. The minimum Gasteiger partial charge on any atom is -0.491 e. The van der Waals surface area contributed by atoms with Crippen LogP contribution in [0, 0.1) is 0 Å². The molecule has 0 amide bonds. The van der Waals surface area contributed by atoms with Gasteiger partial charge in [0, 0.05) is 6.07 Å². The molecule has 0 radical (unpaired) electrons. The number of aryl methyl sites for hydroxylation is 1. The molecule has 2 aromatic carbocycles. The van der Waals surface area contributed by atoms with E-state index in [1.54, 1.807) is 25.1 Å². The van der Waals surface area contributed by atoms with Crippen LogP contribution in [-0.2, 0) is 11.2 Å². The highest BCUT2D eigenvalue weighted by atomic mass is 16.5. The first-order chi connectivity index (χ1) is 14.5. The van der Waals surface area contributed by atoms with Crippen molar-refractivity contribution >= 4 is 16.9 Å². The van der Waals surface area contributed by atoms with Gasteiger partial charge >= 0.3 is 5.97 Å². The molecule has 1 unspecified atom stereocenters. The van der Waals surface area contributed by atoms with Crippen LogP contribution in [0.2, 0.25) is 0 Å². The molecule has 30 heavy (non-hydrogen) atoms. The van der Waals surface area contributed by atoms with Gasteiger partial charge in [0.25, 0.3) is 0 Å². The van der Waals surface area contributed by atoms with Crippen molar-refractivity contribution in [3.8, 4) is 11.5 Å². The normalized spacial score (nSPS) is 11.8. The number of carbonyl (C=O) groups is 1. The molecule has 1 aromatic heterocycles. The summed E-state index contributed by atoms with van der Waals surface area (Å²) in [5.41, 5.74) is 0.966. The molecule has 7 heteroatoms. The molecule has 0 spiro atoms. The zero-order chi connectivity index (χ0) is 21.5. The average molecular weight is 412 g/mol. The summed E-state index contributed by atoms with van der Waals surface area (Å²) in [5, 5.41) is 10.4. The monoisotopic (exact) mass is 412 g/mol. The van der Waals surface area contributed by atoms with E-state index in [1.165, 1.54) is 5.56 Å². The van der Waals surface area contributed by atoms with Gasteiger partial charge in [-0.1, -0.05) is 25.1 Å². The lowest BCUT2D eigenvalue weighted by Gasteiger charge is -2.14. The highest BCUT2D eigenvalue weighted by Crippen LogP contribution is 2.24. The van der Waals surface area contributed by atoms with Crippen LogP contribution in [-0.4, -0.2) is 37.0 Å². The Bertz CT molecular complexity index is 1050. The van der Waals surface area contributed by atoms with Crippen LogP contribution in [0.25, 0.3) is 11.0 Å². The zero-order valence-electron chi connectivity index (χ0n) is 16.9. The van der Waals surface area contributed by atoms with Crippen LogP contribution in [0.15, 0.2) is 57.7 Å². The quantitative estimate of drug-likeness (QED) is 0.539. The number of esters is 1. The van der Waals surface area contributed by atoms with E-state index in [4.69, 9.17) is 18.6 Å². The summed E-state index contributed by atoms with van der Waals surface area (Å²) in [7, 11) is 0. The Kier molecular flexibility index (Phi) is 7.08. The Hall–Kier alpha value is -3.32. The van der Waals surface area contributed by atoms with Gasteiger partial charge in [-0.15, -0.1) is 0 Å². The molecular formula is C23H24O7. The molecule has 0 saturated heterocycles. The second-order valence-electron chi connectivity index (χ2n) is 6.60. The molecule has 1 heterocycles. The Morgan fingerprint density at radius 3 is 2.50 bits per heavy atom. The number of hydrogen-bond acceptors (Lipinski definition) is 7. The van der Waals surface area contributed by atoms with Crippen LogP contribution in [0.3, 0.4) is 0 Å². The standard InChI is InChI=1S/C23H24O7/c1-3-15-8-10-17(11-9-15)28-13-16(24)14-29-19-6-5-7-20-22(19)18(25)12-21(30-20)23(26)27-4-2/h5-12,16,24H,3-4,13-14H2,1-2H3. The second-order valence-corrected chi connectivity index (χ2v) is 6.60. The maximum atomic E-state index is 12.5. The van der Waals surface area contributed by atoms with E-state index in [0.717, 1.165) is 12.5 Å². The zero-order valence-corrected chi connectivity index (χ0v) is 16.9. The highest BCUT2D eigenvalue weighted by molar-refractivity contribution is 5.90. The van der Waals surface area contributed by atoms with Gasteiger partial charge in [0.15, 0.2) is 5.43 Å². The molecule has 3 rings (SSSR count). The fourth-order valence-corrected chi connectivity index (χ4v) is 2.85. The number of aliphatic hydroxyl groups is 1. The maximum absolute atomic E-state index is 12.5. The summed E-state index contributed by atoms with van der Waals surface area (Å²) in [6.07, 6.45) is 0.0359. The van der Waals surface area contributed by atoms with Crippen molar-refractivity contribution in [2.45, 2.75) is 26.4 Å². The van der Waals surface area contributed by atoms with Gasteiger partial charge in [-0.05, 0) is 43.2 Å². The van der Waals surface area contributed by atoms with Crippen molar-refractivity contribution < 1.29 is 28.5 Å². The smallest absolute Gasteiger partial charge is 0.374 e. The molecule has 0 aliphatic carbocycles. The molecule has 0 aliphatic rings. The predicted octanol–water partition coefficient (Wildman–Crippen LogP) is 3.35. The number of hydrogen-bond donors (Lipinski definition) is 1. The maximum Gasteiger partial charge on any atom is 0.374 e. The van der Waals surface area contributed by atoms with Gasteiger partial charge < -0.3 is 23.7 Å². The van der Waals surface area contributed by atoms with E-state index in [0.29, 0.717) is 5.75 Å². The number of fused-ring (bicyclic) bond motifs is 1. The molecule has 0 aliphatic heterocycles. The minimum absolute atomic E-state index is 0.0395. The van der Waals surface area contributed by atoms with Crippen molar-refractivity contribution in [1.29, 1.82) is 0 Å². The van der Waals surface area contributed by atoms with Gasteiger partial charge in [-0.3, -0.25) is 4.79 Å². The van der Waals surface area contributed by atoms with E-state index >= 15 is 0 Å². The topological polar surface area (TPSA) is 95.2 Å². The van der Waals surface area contributed by atoms with E-state index < -0.39 is 17.5 Å². The number of rotatable bonds is 9. The number of ether oxygens (including phenoxy) is 3. The summed E-state index contributed by atoms with van der Waals surface area (Å²) in [4.78, 5) is 24.3. The summed E-state index contributed by atoms with van der Waals surface area (Å²) in [5.74, 6) is 0.0305. The second kappa shape index (κ2) is 9.93. The van der Waals surface area contributed by atoms with E-state index in [9.17, 15) is 14.7 Å². The molecule has 7 nitrogen and oxygen atoms in total. The molecule has 1 atom stereocenters. The molecule has 0 saturated carbocycles. The van der Waals surface area contributed by atoms with Crippen LogP contribution in [0.4, 0.5) is 0 Å². The molecule has 1 N–H and O–H groups in total. The predicted molar refractivity (Wildman–Crippen MR) is 111 cm³/mol. The van der Waals surface area contributed by atoms with Gasteiger partial charge in [0.05, 0.1) is 6.61 Å². The fraction of sp³-hybridized carbons (Fsp3) is 0.304. The highest BCUT2D eigenvalue weighted by Gasteiger charge is 2.16. The summed E-state index contributed by atoms with van der Waals surface area (Å²) >= 11 is 0.